The van der Waals surface area contributed by atoms with Crippen molar-refractivity contribution in [2.75, 3.05) is 12.0 Å². The van der Waals surface area contributed by atoms with Crippen LogP contribution < -0.4 is 19.7 Å². The molecule has 1 aliphatic rings. The van der Waals surface area contributed by atoms with Gasteiger partial charge in [-0.15, -0.1) is 0 Å². The van der Waals surface area contributed by atoms with Crippen LogP contribution in [0.3, 0.4) is 0 Å². The quantitative estimate of drug-likeness (QED) is 0.420. The normalized spacial score (nSPS) is 14.3. The van der Waals surface area contributed by atoms with Gasteiger partial charge >= 0.3 is 12.0 Å². The number of hydrogen-bond donors (Lipinski definition) is 2. The molecule has 3 amide bonds. The molecule has 0 unspecified atom stereocenters. The standard InChI is InChI=1S/C25H20N2O6/c1-32-22-14-17(9-12-21(22)33-15-16-7-10-18(11-8-16)24(29)30)13-20-23(28)27(25(31)26-20)19-5-3-2-4-6-19/h2-14H,15H2,1H3,(H,26,31)(H,29,30)/b20-13+. The van der Waals surface area contributed by atoms with Gasteiger partial charge in [0.1, 0.15) is 12.3 Å². The highest BCUT2D eigenvalue weighted by Gasteiger charge is 2.34. The van der Waals surface area contributed by atoms with Crippen molar-refractivity contribution in [2.45, 2.75) is 6.61 Å². The first kappa shape index (κ1) is 21.6. The van der Waals surface area contributed by atoms with Gasteiger partial charge in [0.05, 0.1) is 18.4 Å². The van der Waals surface area contributed by atoms with E-state index in [4.69, 9.17) is 14.6 Å². The number of ether oxygens (including phenoxy) is 2. The van der Waals surface area contributed by atoms with Gasteiger partial charge in [-0.25, -0.2) is 14.5 Å². The van der Waals surface area contributed by atoms with Crippen LogP contribution in [-0.2, 0) is 11.4 Å². The number of amides is 3. The molecule has 8 nitrogen and oxygen atoms in total. The second-order valence-corrected chi connectivity index (χ2v) is 7.17. The summed E-state index contributed by atoms with van der Waals surface area (Å²) in [5.41, 5.74) is 2.28. The van der Waals surface area contributed by atoms with Gasteiger partial charge in [-0.2, -0.15) is 0 Å². The molecule has 1 aliphatic heterocycles. The van der Waals surface area contributed by atoms with E-state index in [0.717, 1.165) is 10.5 Å². The van der Waals surface area contributed by atoms with E-state index < -0.39 is 17.9 Å². The Morgan fingerprint density at radius 3 is 2.39 bits per heavy atom. The molecule has 0 radical (unpaired) electrons. The zero-order valence-corrected chi connectivity index (χ0v) is 17.6. The maximum absolute atomic E-state index is 12.7. The smallest absolute Gasteiger partial charge is 0.335 e. The number of methoxy groups -OCH3 is 1. The van der Waals surface area contributed by atoms with Crippen LogP contribution in [0, 0.1) is 0 Å². The highest BCUT2D eigenvalue weighted by atomic mass is 16.5. The molecule has 33 heavy (non-hydrogen) atoms. The Hall–Kier alpha value is -4.59. The number of carboxylic acids is 1. The minimum atomic E-state index is -0.988. The van der Waals surface area contributed by atoms with Crippen molar-refractivity contribution in [3.8, 4) is 11.5 Å². The first-order chi connectivity index (χ1) is 16.0. The Morgan fingerprint density at radius 1 is 1.00 bits per heavy atom. The van der Waals surface area contributed by atoms with Gasteiger partial charge in [0, 0.05) is 0 Å². The van der Waals surface area contributed by atoms with E-state index in [-0.39, 0.29) is 17.9 Å². The second-order valence-electron chi connectivity index (χ2n) is 7.17. The third kappa shape index (κ3) is 4.69. The molecular weight excluding hydrogens is 424 g/mol. The number of nitrogens with zero attached hydrogens (tertiary/aromatic N) is 1. The van der Waals surface area contributed by atoms with Crippen molar-refractivity contribution >= 4 is 29.7 Å². The number of anilines is 1. The monoisotopic (exact) mass is 444 g/mol. The average Bonchev–Trinajstić information content (AvgIpc) is 3.11. The molecule has 166 valence electrons. The first-order valence-corrected chi connectivity index (χ1v) is 10.0. The Morgan fingerprint density at radius 2 is 1.73 bits per heavy atom. The fraction of sp³-hybridized carbons (Fsp3) is 0.0800. The lowest BCUT2D eigenvalue weighted by Gasteiger charge is -2.12. The predicted octanol–water partition coefficient (Wildman–Crippen LogP) is 4.07. The first-order valence-electron chi connectivity index (χ1n) is 10.0. The molecule has 1 heterocycles. The number of imide groups is 1. The van der Waals surface area contributed by atoms with E-state index in [1.807, 2.05) is 0 Å². The van der Waals surface area contributed by atoms with Crippen molar-refractivity contribution in [1.82, 2.24) is 5.32 Å². The summed E-state index contributed by atoms with van der Waals surface area (Å²) >= 11 is 0. The highest BCUT2D eigenvalue weighted by molar-refractivity contribution is 6.28. The number of carbonyl (C=O) groups excluding carboxylic acids is 2. The molecule has 0 saturated carbocycles. The zero-order chi connectivity index (χ0) is 23.4. The summed E-state index contributed by atoms with van der Waals surface area (Å²) in [6.45, 7) is 0.220. The van der Waals surface area contributed by atoms with Crippen LogP contribution in [0.5, 0.6) is 11.5 Å². The minimum absolute atomic E-state index is 0.151. The summed E-state index contributed by atoms with van der Waals surface area (Å²) in [7, 11) is 1.50. The molecule has 0 spiro atoms. The Bertz CT molecular complexity index is 1240. The molecule has 0 aliphatic carbocycles. The fourth-order valence-electron chi connectivity index (χ4n) is 3.31. The van der Waals surface area contributed by atoms with E-state index in [9.17, 15) is 14.4 Å². The van der Waals surface area contributed by atoms with Crippen LogP contribution in [0.15, 0.2) is 78.5 Å². The SMILES string of the molecule is COc1cc(/C=C2/NC(=O)N(c3ccccc3)C2=O)ccc1OCc1ccc(C(=O)O)cc1. The Kier molecular flexibility index (Phi) is 6.08. The van der Waals surface area contributed by atoms with Crippen LogP contribution in [-0.4, -0.2) is 30.1 Å². The van der Waals surface area contributed by atoms with E-state index >= 15 is 0 Å². The number of para-hydroxylation sites is 1. The van der Waals surface area contributed by atoms with E-state index in [1.165, 1.54) is 19.2 Å². The molecule has 8 heteroatoms. The minimum Gasteiger partial charge on any atom is -0.493 e. The zero-order valence-electron chi connectivity index (χ0n) is 17.6. The van der Waals surface area contributed by atoms with Crippen LogP contribution in [0.2, 0.25) is 0 Å². The van der Waals surface area contributed by atoms with Gasteiger partial charge in [-0.3, -0.25) is 4.79 Å². The van der Waals surface area contributed by atoms with Crippen molar-refractivity contribution in [3.05, 3.63) is 95.2 Å². The molecule has 3 aromatic rings. The van der Waals surface area contributed by atoms with Gasteiger partial charge in [-0.1, -0.05) is 36.4 Å². The lowest BCUT2D eigenvalue weighted by atomic mass is 10.1. The topological polar surface area (TPSA) is 105 Å². The number of carbonyl (C=O) groups is 3. The van der Waals surface area contributed by atoms with Crippen molar-refractivity contribution in [3.63, 3.8) is 0 Å². The van der Waals surface area contributed by atoms with Gasteiger partial charge < -0.3 is 19.9 Å². The molecule has 1 fully saturated rings. The van der Waals surface area contributed by atoms with Gasteiger partial charge in [0.25, 0.3) is 5.91 Å². The molecular formula is C25H20N2O6. The summed E-state index contributed by atoms with van der Waals surface area (Å²) in [5, 5.41) is 11.6. The van der Waals surface area contributed by atoms with Crippen molar-refractivity contribution in [2.24, 2.45) is 0 Å². The second kappa shape index (κ2) is 9.27. The van der Waals surface area contributed by atoms with E-state index in [1.54, 1.807) is 66.7 Å². The van der Waals surface area contributed by atoms with E-state index in [2.05, 4.69) is 5.32 Å². The van der Waals surface area contributed by atoms with Crippen LogP contribution >= 0.6 is 0 Å². The summed E-state index contributed by atoms with van der Waals surface area (Å²) in [5.74, 6) is -0.508. The summed E-state index contributed by atoms with van der Waals surface area (Å²) in [6, 6.07) is 19.7. The lowest BCUT2D eigenvalue weighted by molar-refractivity contribution is -0.113. The summed E-state index contributed by atoms with van der Waals surface area (Å²) in [4.78, 5) is 37.1. The number of hydrogen-bond acceptors (Lipinski definition) is 5. The predicted molar refractivity (Wildman–Crippen MR) is 121 cm³/mol. The van der Waals surface area contributed by atoms with Crippen LogP contribution in [0.1, 0.15) is 21.5 Å². The third-order valence-electron chi connectivity index (χ3n) is 4.99. The maximum Gasteiger partial charge on any atom is 0.335 e. The number of aromatic carboxylic acids is 1. The van der Waals surface area contributed by atoms with Crippen LogP contribution in [0.25, 0.3) is 6.08 Å². The Labute approximate surface area is 189 Å². The lowest BCUT2D eigenvalue weighted by Crippen LogP contribution is -2.30. The number of carboxylic acid groups (broad SMARTS) is 1. The maximum atomic E-state index is 12.7. The summed E-state index contributed by atoms with van der Waals surface area (Å²) < 4.78 is 11.2. The molecule has 3 aromatic carbocycles. The van der Waals surface area contributed by atoms with Gasteiger partial charge in [-0.05, 0) is 53.6 Å². The molecule has 0 atom stereocenters. The number of urea groups is 1. The molecule has 0 aromatic heterocycles. The number of nitrogens with one attached hydrogen (secondary N) is 1. The van der Waals surface area contributed by atoms with Crippen molar-refractivity contribution < 1.29 is 29.0 Å². The van der Waals surface area contributed by atoms with Crippen molar-refractivity contribution in [1.29, 1.82) is 0 Å². The van der Waals surface area contributed by atoms with E-state index in [0.29, 0.717) is 22.7 Å². The van der Waals surface area contributed by atoms with Crippen LogP contribution in [0.4, 0.5) is 10.5 Å². The molecule has 0 bridgehead atoms. The van der Waals surface area contributed by atoms with Gasteiger partial charge in [0.15, 0.2) is 11.5 Å². The number of rotatable bonds is 7. The Balaban J connectivity index is 1.49. The molecule has 1 saturated heterocycles. The molecule has 4 rings (SSSR count). The largest absolute Gasteiger partial charge is 0.493 e. The average molecular weight is 444 g/mol. The third-order valence-corrected chi connectivity index (χ3v) is 4.99. The summed E-state index contributed by atoms with van der Waals surface area (Å²) in [6.07, 6.45) is 1.57. The highest BCUT2D eigenvalue weighted by Crippen LogP contribution is 2.30. The number of benzene rings is 3. The fourth-order valence-corrected chi connectivity index (χ4v) is 3.31. The molecule has 2 N–H and O–H groups in total. The van der Waals surface area contributed by atoms with Gasteiger partial charge in [0.2, 0.25) is 0 Å².